The van der Waals surface area contributed by atoms with Crippen LogP contribution in [-0.4, -0.2) is 74.9 Å². The fraction of sp³-hybridized carbons (Fsp3) is 0.500. The Bertz CT molecular complexity index is 1620. The van der Waals surface area contributed by atoms with Crippen LogP contribution < -0.4 is 0 Å². The maximum absolute atomic E-state index is 11.8. The molecule has 0 radical (unpaired) electrons. The Kier molecular flexibility index (Phi) is 9.69. The number of allylic oxidation sites excluding steroid dienone is 1. The normalized spacial score (nSPS) is 23.0. The molecule has 2 aliphatic rings. The highest BCUT2D eigenvalue weighted by molar-refractivity contribution is 7.90. The highest BCUT2D eigenvalue weighted by Crippen LogP contribution is 2.37. The van der Waals surface area contributed by atoms with Gasteiger partial charge < -0.3 is 5.11 Å². The van der Waals surface area contributed by atoms with Gasteiger partial charge in [0, 0.05) is 28.4 Å². The van der Waals surface area contributed by atoms with Crippen molar-refractivity contribution in [3.63, 3.8) is 0 Å². The quantitative estimate of drug-likeness (QED) is 0.379. The largest absolute Gasteiger partial charge is 0.390 e. The van der Waals surface area contributed by atoms with Gasteiger partial charge in [0.05, 0.1) is 29.8 Å². The highest BCUT2D eigenvalue weighted by atomic mass is 35.5. The van der Waals surface area contributed by atoms with E-state index in [-0.39, 0.29) is 47.9 Å². The van der Waals surface area contributed by atoms with Crippen molar-refractivity contribution >= 4 is 62.2 Å². The molecular weight excluding hydrogens is 607 g/mol. The lowest BCUT2D eigenvalue weighted by Crippen LogP contribution is -2.50. The molecule has 0 spiro atoms. The predicted octanol–water partition coefficient (Wildman–Crippen LogP) is 5.09. The minimum Gasteiger partial charge on any atom is -0.390 e. The molecular formula is C28H33Cl3N6O3S. The SMILES string of the molecule is C[C@@H]1CC(c2cnc3c(C#N)nn([C@H](C)c4ccc(Cl)cc4Cl)c3n2)=CC[C@@H]1N1CCC[C@H]1C(O)CS(C)(=O)=O.Cl. The number of aliphatic hydroxyl groups is 1. The van der Waals surface area contributed by atoms with Crippen molar-refractivity contribution in [2.75, 3.05) is 18.6 Å². The fourth-order valence-electron chi connectivity index (χ4n) is 6.17. The molecule has 1 saturated heterocycles. The second kappa shape index (κ2) is 12.5. The molecule has 5 atom stereocenters. The van der Waals surface area contributed by atoms with Gasteiger partial charge in [-0.2, -0.15) is 10.4 Å². The summed E-state index contributed by atoms with van der Waals surface area (Å²) in [6.07, 6.45) is 7.39. The van der Waals surface area contributed by atoms with Crippen molar-refractivity contribution in [3.8, 4) is 6.07 Å². The summed E-state index contributed by atoms with van der Waals surface area (Å²) in [5.41, 5.74) is 3.74. The number of halogens is 3. The minimum atomic E-state index is -3.27. The smallest absolute Gasteiger partial charge is 0.190 e. The molecule has 220 valence electrons. The van der Waals surface area contributed by atoms with Crippen LogP contribution in [0.5, 0.6) is 0 Å². The molecule has 0 amide bonds. The van der Waals surface area contributed by atoms with Crippen molar-refractivity contribution < 1.29 is 13.5 Å². The number of nitrogens with zero attached hydrogens (tertiary/aromatic N) is 6. The van der Waals surface area contributed by atoms with Gasteiger partial charge in [-0.1, -0.05) is 42.3 Å². The predicted molar refractivity (Wildman–Crippen MR) is 163 cm³/mol. The van der Waals surface area contributed by atoms with Crippen molar-refractivity contribution in [2.24, 2.45) is 5.92 Å². The zero-order valence-corrected chi connectivity index (χ0v) is 26.2. The number of likely N-dealkylation sites (tertiary alicyclic amines) is 1. The van der Waals surface area contributed by atoms with E-state index in [4.69, 9.17) is 28.2 Å². The number of nitriles is 1. The third-order valence-corrected chi connectivity index (χ3v) is 9.62. The van der Waals surface area contributed by atoms with Gasteiger partial charge in [-0.15, -0.1) is 12.4 Å². The Hall–Kier alpha value is -2.26. The number of sulfone groups is 1. The van der Waals surface area contributed by atoms with E-state index >= 15 is 0 Å². The molecule has 1 aromatic carbocycles. The van der Waals surface area contributed by atoms with Gasteiger partial charge >= 0.3 is 0 Å². The zero-order valence-electron chi connectivity index (χ0n) is 23.0. The van der Waals surface area contributed by atoms with Gasteiger partial charge in [0.15, 0.2) is 11.3 Å². The molecule has 41 heavy (non-hydrogen) atoms. The third kappa shape index (κ3) is 6.56. The Labute approximate surface area is 256 Å². The van der Waals surface area contributed by atoms with Gasteiger partial charge in [0.1, 0.15) is 21.4 Å². The van der Waals surface area contributed by atoms with Gasteiger partial charge in [0.25, 0.3) is 0 Å². The monoisotopic (exact) mass is 638 g/mol. The number of hydrogen-bond donors (Lipinski definition) is 1. The van der Waals surface area contributed by atoms with E-state index in [9.17, 15) is 18.8 Å². The van der Waals surface area contributed by atoms with Gasteiger partial charge in [-0.25, -0.2) is 23.1 Å². The van der Waals surface area contributed by atoms with Crippen LogP contribution in [0, 0.1) is 17.2 Å². The van der Waals surface area contributed by atoms with E-state index in [2.05, 4.69) is 34.1 Å². The van der Waals surface area contributed by atoms with E-state index < -0.39 is 15.9 Å². The lowest BCUT2D eigenvalue weighted by molar-refractivity contribution is 0.0463. The molecule has 13 heteroatoms. The molecule has 1 aliphatic carbocycles. The summed E-state index contributed by atoms with van der Waals surface area (Å²) >= 11 is 12.6. The van der Waals surface area contributed by atoms with Crippen molar-refractivity contribution in [3.05, 3.63) is 57.5 Å². The van der Waals surface area contributed by atoms with Crippen LogP contribution in [0.4, 0.5) is 0 Å². The summed E-state index contributed by atoms with van der Waals surface area (Å²) in [4.78, 5) is 11.8. The van der Waals surface area contributed by atoms with Crippen molar-refractivity contribution in [2.45, 2.75) is 63.8 Å². The average molecular weight is 640 g/mol. The first kappa shape index (κ1) is 31.7. The topological polar surface area (TPSA) is 125 Å². The first-order chi connectivity index (χ1) is 19.0. The second-order valence-electron chi connectivity index (χ2n) is 11.0. The maximum Gasteiger partial charge on any atom is 0.190 e. The van der Waals surface area contributed by atoms with Crippen molar-refractivity contribution in [1.29, 1.82) is 5.26 Å². The van der Waals surface area contributed by atoms with Crippen LogP contribution in [0.2, 0.25) is 10.0 Å². The summed E-state index contributed by atoms with van der Waals surface area (Å²) in [6, 6.07) is 7.14. The molecule has 5 rings (SSSR count). The van der Waals surface area contributed by atoms with Crippen LogP contribution in [0.1, 0.15) is 62.5 Å². The Balaban J connectivity index is 0.00000387. The first-order valence-electron chi connectivity index (χ1n) is 13.4. The fourth-order valence-corrected chi connectivity index (χ4v) is 7.58. The summed E-state index contributed by atoms with van der Waals surface area (Å²) in [5, 5.41) is 26.0. The van der Waals surface area contributed by atoms with Crippen LogP contribution in [0.25, 0.3) is 16.7 Å². The summed E-state index contributed by atoms with van der Waals surface area (Å²) in [5.74, 6) is 0.0409. The number of aliphatic hydroxyl groups excluding tert-OH is 1. The number of fused-ring (bicyclic) bond motifs is 1. The number of rotatable bonds is 7. The Morgan fingerprint density at radius 2 is 2.05 bits per heavy atom. The van der Waals surface area contributed by atoms with Gasteiger partial charge in [-0.3, -0.25) is 4.90 Å². The Morgan fingerprint density at radius 3 is 2.71 bits per heavy atom. The lowest BCUT2D eigenvalue weighted by atomic mass is 9.83. The average Bonchev–Trinajstić information content (AvgIpc) is 3.52. The zero-order chi connectivity index (χ0) is 28.8. The third-order valence-electron chi connectivity index (χ3n) is 8.11. The number of hydrogen-bond acceptors (Lipinski definition) is 8. The molecule has 1 unspecified atom stereocenters. The lowest BCUT2D eigenvalue weighted by Gasteiger charge is -2.40. The summed E-state index contributed by atoms with van der Waals surface area (Å²) in [7, 11) is -3.27. The van der Waals surface area contributed by atoms with Gasteiger partial charge in [0.2, 0.25) is 0 Å². The number of aromatic nitrogens is 4. The standard InChI is InChI=1S/C28H32Cl2N6O3S.ClH/c1-16-11-18(6-9-24(16)35-10-4-5-25(35)26(37)15-40(3,38)39)23-14-32-27-22(13-31)34-36(28(27)33-23)17(2)20-8-7-19(29)12-21(20)30;/h6-8,12,14,16-17,24-26,37H,4-5,9-11,15H2,1-3H3;1H/t16-,17-,24+,25+,26?;/m1./s1. The van der Waals surface area contributed by atoms with E-state index in [1.807, 2.05) is 13.0 Å². The molecule has 9 nitrogen and oxygen atoms in total. The van der Waals surface area contributed by atoms with Crippen LogP contribution >= 0.6 is 35.6 Å². The minimum absolute atomic E-state index is 0. The Morgan fingerprint density at radius 1 is 1.29 bits per heavy atom. The number of benzene rings is 1. The maximum atomic E-state index is 11.8. The second-order valence-corrected chi connectivity index (χ2v) is 14.0. The van der Waals surface area contributed by atoms with Crippen LogP contribution in [0.15, 0.2) is 30.5 Å². The summed E-state index contributed by atoms with van der Waals surface area (Å²) in [6.45, 7) is 4.97. The molecule has 0 bridgehead atoms. The van der Waals surface area contributed by atoms with E-state index in [1.165, 1.54) is 6.26 Å². The van der Waals surface area contributed by atoms with Crippen LogP contribution in [0.3, 0.4) is 0 Å². The molecule has 2 aromatic heterocycles. The van der Waals surface area contributed by atoms with Gasteiger partial charge in [-0.05, 0) is 68.3 Å². The molecule has 3 heterocycles. The molecule has 3 aromatic rings. The molecule has 0 saturated carbocycles. The van der Waals surface area contributed by atoms with Crippen molar-refractivity contribution in [1.82, 2.24) is 24.6 Å². The van der Waals surface area contributed by atoms with E-state index in [0.717, 1.165) is 49.1 Å². The summed E-state index contributed by atoms with van der Waals surface area (Å²) < 4.78 is 25.3. The highest BCUT2D eigenvalue weighted by Gasteiger charge is 2.39. The van der Waals surface area contributed by atoms with Crippen LogP contribution in [-0.2, 0) is 9.84 Å². The first-order valence-corrected chi connectivity index (χ1v) is 16.2. The molecule has 1 aliphatic heterocycles. The van der Waals surface area contributed by atoms with E-state index in [1.54, 1.807) is 23.0 Å². The molecule has 1 fully saturated rings. The van der Waals surface area contributed by atoms with E-state index in [0.29, 0.717) is 21.2 Å². The molecule has 1 N–H and O–H groups in total.